The minimum Gasteiger partial charge on any atom is -0.316 e. The lowest BCUT2D eigenvalue weighted by atomic mass is 10.1. The van der Waals surface area contributed by atoms with E-state index in [1.807, 2.05) is 30.6 Å². The molecule has 0 atom stereocenters. The Morgan fingerprint density at radius 1 is 1.00 bits per heavy atom. The van der Waals surface area contributed by atoms with Crippen LogP contribution in [0, 0.1) is 0 Å². The molecule has 0 aliphatic carbocycles. The van der Waals surface area contributed by atoms with Crippen LogP contribution in [0.2, 0.25) is 0 Å². The molecule has 2 nitrogen and oxygen atoms in total. The molecule has 0 fully saturated rings. The van der Waals surface area contributed by atoms with Gasteiger partial charge in [-0.05, 0) is 60.5 Å². The normalized spacial score (nSPS) is 11.2. The molecule has 0 saturated carbocycles. The van der Waals surface area contributed by atoms with Gasteiger partial charge in [0.15, 0.2) is 0 Å². The van der Waals surface area contributed by atoms with Crippen molar-refractivity contribution < 1.29 is 0 Å². The average Bonchev–Trinajstić information content (AvgIpc) is 3.02. The van der Waals surface area contributed by atoms with Gasteiger partial charge in [-0.1, -0.05) is 35.0 Å². The lowest BCUT2D eigenvalue weighted by Crippen LogP contribution is -1.97. The first-order chi connectivity index (χ1) is 10.8. The molecule has 0 N–H and O–H groups in total. The molecule has 2 aromatic carbocycles. The Labute approximate surface area is 139 Å². The monoisotopic (exact) mass is 352 g/mol. The van der Waals surface area contributed by atoms with Crippen molar-refractivity contribution >= 4 is 27.8 Å². The minimum atomic E-state index is 0.973. The number of halogens is 1. The summed E-state index contributed by atoms with van der Waals surface area (Å²) in [6.45, 7) is 2.16. The van der Waals surface area contributed by atoms with Crippen LogP contribution in [0.25, 0.3) is 5.69 Å². The summed E-state index contributed by atoms with van der Waals surface area (Å²) >= 11 is 3.46. The van der Waals surface area contributed by atoms with Gasteiger partial charge >= 0.3 is 0 Å². The van der Waals surface area contributed by atoms with Crippen molar-refractivity contribution in [2.45, 2.75) is 13.3 Å². The van der Waals surface area contributed by atoms with Gasteiger partial charge in [0.05, 0.1) is 17.6 Å². The van der Waals surface area contributed by atoms with Gasteiger partial charge in [-0.3, -0.25) is 4.99 Å². The third-order valence-corrected chi connectivity index (χ3v) is 4.10. The summed E-state index contributed by atoms with van der Waals surface area (Å²) in [5.41, 5.74) is 4.48. The first-order valence-electron chi connectivity index (χ1n) is 7.32. The second-order valence-corrected chi connectivity index (χ2v) is 5.97. The van der Waals surface area contributed by atoms with Gasteiger partial charge < -0.3 is 4.57 Å². The number of hydrogen-bond donors (Lipinski definition) is 0. The van der Waals surface area contributed by atoms with Crippen molar-refractivity contribution in [3.05, 3.63) is 82.6 Å². The van der Waals surface area contributed by atoms with Gasteiger partial charge in [-0.2, -0.15) is 0 Å². The second kappa shape index (κ2) is 6.75. The predicted molar refractivity (Wildman–Crippen MR) is 96.5 cm³/mol. The molecular weight excluding hydrogens is 336 g/mol. The molecule has 0 bridgehead atoms. The van der Waals surface area contributed by atoms with Crippen LogP contribution >= 0.6 is 15.9 Å². The molecule has 0 radical (unpaired) electrons. The van der Waals surface area contributed by atoms with E-state index in [0.717, 1.165) is 28.0 Å². The quantitative estimate of drug-likeness (QED) is 0.547. The highest BCUT2D eigenvalue weighted by Gasteiger charge is 2.01. The number of benzene rings is 2. The fourth-order valence-electron chi connectivity index (χ4n) is 2.29. The van der Waals surface area contributed by atoms with Gasteiger partial charge in [-0.25, -0.2) is 0 Å². The number of hydrogen-bond acceptors (Lipinski definition) is 1. The largest absolute Gasteiger partial charge is 0.316 e. The predicted octanol–water partition coefficient (Wildman–Crippen LogP) is 5.55. The number of nitrogens with zero attached hydrogens (tertiary/aromatic N) is 2. The molecule has 3 heteroatoms. The zero-order valence-electron chi connectivity index (χ0n) is 12.4. The fourth-order valence-corrected chi connectivity index (χ4v) is 2.56. The van der Waals surface area contributed by atoms with Crippen LogP contribution in [0.4, 0.5) is 5.69 Å². The van der Waals surface area contributed by atoms with Gasteiger partial charge in [0, 0.05) is 16.4 Å². The van der Waals surface area contributed by atoms with E-state index in [0.29, 0.717) is 0 Å². The van der Waals surface area contributed by atoms with Gasteiger partial charge in [0.25, 0.3) is 0 Å². The molecule has 0 aliphatic heterocycles. The van der Waals surface area contributed by atoms with E-state index < -0.39 is 0 Å². The van der Waals surface area contributed by atoms with E-state index >= 15 is 0 Å². The fraction of sp³-hybridized carbons (Fsp3) is 0.105. The molecule has 110 valence electrons. The number of aromatic nitrogens is 1. The number of rotatable bonds is 4. The lowest BCUT2D eigenvalue weighted by Gasteiger charge is -2.06. The molecule has 1 heterocycles. The molecular formula is C19H17BrN2. The molecule has 22 heavy (non-hydrogen) atoms. The lowest BCUT2D eigenvalue weighted by molar-refractivity contribution is 1.07. The Kier molecular flexibility index (Phi) is 4.54. The minimum absolute atomic E-state index is 0.973. The van der Waals surface area contributed by atoms with Gasteiger partial charge in [-0.15, -0.1) is 0 Å². The summed E-state index contributed by atoms with van der Waals surface area (Å²) in [7, 11) is 0. The molecule has 0 spiro atoms. The summed E-state index contributed by atoms with van der Waals surface area (Å²) in [6.07, 6.45) is 5.00. The highest BCUT2D eigenvalue weighted by atomic mass is 79.9. The molecule has 3 rings (SSSR count). The summed E-state index contributed by atoms with van der Waals surface area (Å²) < 4.78 is 3.20. The summed E-state index contributed by atoms with van der Waals surface area (Å²) in [5.74, 6) is 0. The van der Waals surface area contributed by atoms with E-state index in [2.05, 4.69) is 74.9 Å². The highest BCUT2D eigenvalue weighted by molar-refractivity contribution is 9.10. The van der Waals surface area contributed by atoms with Crippen molar-refractivity contribution in [3.63, 3.8) is 0 Å². The molecule has 0 unspecified atom stereocenters. The maximum absolute atomic E-state index is 4.57. The van der Waals surface area contributed by atoms with Crippen LogP contribution in [0.5, 0.6) is 0 Å². The van der Waals surface area contributed by atoms with E-state index in [4.69, 9.17) is 0 Å². The third-order valence-electron chi connectivity index (χ3n) is 3.58. The maximum Gasteiger partial charge on any atom is 0.0639 e. The molecule has 0 aliphatic rings. The summed E-state index contributed by atoms with van der Waals surface area (Å²) in [4.78, 5) is 4.57. The van der Waals surface area contributed by atoms with Crippen LogP contribution in [0.1, 0.15) is 18.2 Å². The zero-order chi connectivity index (χ0) is 15.4. The van der Waals surface area contributed by atoms with Gasteiger partial charge in [0.1, 0.15) is 0 Å². The van der Waals surface area contributed by atoms with Crippen LogP contribution in [-0.4, -0.2) is 10.8 Å². The molecule has 0 saturated heterocycles. The Balaban J connectivity index is 1.85. The van der Waals surface area contributed by atoms with Crippen molar-refractivity contribution in [3.8, 4) is 5.69 Å². The smallest absolute Gasteiger partial charge is 0.0639 e. The number of aliphatic imine (C=N–C) groups is 1. The molecule has 0 amide bonds. The first kappa shape index (κ1) is 14.8. The standard InChI is InChI=1S/C19H17BrN2/c1-2-15-5-9-17(10-6-15)21-14-19-4-3-13-22(19)18-11-7-16(20)8-12-18/h3-14H,2H2,1H3. The molecule has 3 aromatic rings. The Morgan fingerprint density at radius 2 is 1.73 bits per heavy atom. The van der Waals surface area contributed by atoms with Crippen molar-refractivity contribution in [1.29, 1.82) is 0 Å². The van der Waals surface area contributed by atoms with E-state index in [9.17, 15) is 0 Å². The van der Waals surface area contributed by atoms with Crippen molar-refractivity contribution in [2.75, 3.05) is 0 Å². The average molecular weight is 353 g/mol. The Morgan fingerprint density at radius 3 is 2.41 bits per heavy atom. The first-order valence-corrected chi connectivity index (χ1v) is 8.12. The van der Waals surface area contributed by atoms with E-state index in [1.54, 1.807) is 0 Å². The van der Waals surface area contributed by atoms with E-state index in [-0.39, 0.29) is 0 Å². The van der Waals surface area contributed by atoms with Crippen LogP contribution in [0.15, 0.2) is 76.3 Å². The summed E-state index contributed by atoms with van der Waals surface area (Å²) in [5, 5.41) is 0. The van der Waals surface area contributed by atoms with Gasteiger partial charge in [0.2, 0.25) is 0 Å². The van der Waals surface area contributed by atoms with Crippen molar-refractivity contribution in [1.82, 2.24) is 4.57 Å². The Hall–Kier alpha value is -2.13. The Bertz CT molecular complexity index is 768. The van der Waals surface area contributed by atoms with Crippen molar-refractivity contribution in [2.24, 2.45) is 4.99 Å². The zero-order valence-corrected chi connectivity index (χ0v) is 14.0. The second-order valence-electron chi connectivity index (χ2n) is 5.06. The SMILES string of the molecule is CCc1ccc(N=Cc2cccn2-c2ccc(Br)cc2)cc1. The summed E-state index contributed by atoms with van der Waals surface area (Å²) in [6, 6.07) is 20.7. The van der Waals surface area contributed by atoms with E-state index in [1.165, 1.54) is 5.56 Å². The third kappa shape index (κ3) is 3.37. The van der Waals surface area contributed by atoms with Crippen LogP contribution in [-0.2, 0) is 6.42 Å². The van der Waals surface area contributed by atoms with Crippen LogP contribution in [0.3, 0.4) is 0 Å². The number of aryl methyl sites for hydroxylation is 1. The van der Waals surface area contributed by atoms with Crippen LogP contribution < -0.4 is 0 Å². The maximum atomic E-state index is 4.57. The topological polar surface area (TPSA) is 17.3 Å². The molecule has 1 aromatic heterocycles. The highest BCUT2D eigenvalue weighted by Crippen LogP contribution is 2.17.